The first kappa shape index (κ1) is 18.2. The minimum atomic E-state index is -0.378. The highest BCUT2D eigenvalue weighted by Gasteiger charge is 2.30. The Morgan fingerprint density at radius 3 is 2.54 bits per heavy atom. The Kier molecular flexibility index (Phi) is 5.44. The van der Waals surface area contributed by atoms with Gasteiger partial charge in [-0.2, -0.15) is 0 Å². The number of hydrogen-bond acceptors (Lipinski definition) is 3. The predicted molar refractivity (Wildman–Crippen MR) is 107 cm³/mol. The van der Waals surface area contributed by atoms with Crippen molar-refractivity contribution in [2.24, 2.45) is 0 Å². The Bertz CT molecular complexity index is 881. The lowest BCUT2D eigenvalue weighted by molar-refractivity contribution is -0.113. The van der Waals surface area contributed by atoms with Gasteiger partial charge in [0.1, 0.15) is 5.75 Å². The number of nitrogens with one attached hydrogen (secondary N) is 3. The Labute approximate surface area is 162 Å². The van der Waals surface area contributed by atoms with Gasteiger partial charge in [0.05, 0.1) is 29.4 Å². The van der Waals surface area contributed by atoms with Crippen LogP contribution in [-0.4, -0.2) is 18.1 Å². The van der Waals surface area contributed by atoms with E-state index in [4.69, 9.17) is 28.6 Å². The highest BCUT2D eigenvalue weighted by molar-refractivity contribution is 7.80. The van der Waals surface area contributed by atoms with Crippen molar-refractivity contribution in [1.82, 2.24) is 10.6 Å². The summed E-state index contributed by atoms with van der Waals surface area (Å²) in [5, 5.41) is 9.99. The van der Waals surface area contributed by atoms with Gasteiger partial charge in [0, 0.05) is 5.70 Å². The molecule has 0 bridgehead atoms. The van der Waals surface area contributed by atoms with Crippen molar-refractivity contribution in [3.05, 3.63) is 70.4 Å². The second kappa shape index (κ2) is 7.76. The maximum Gasteiger partial charge on any atom is 0.255 e. The molecule has 0 aromatic heterocycles. The summed E-state index contributed by atoms with van der Waals surface area (Å²) in [4.78, 5) is 13.0. The van der Waals surface area contributed by atoms with Gasteiger partial charge in [0.25, 0.3) is 5.91 Å². The number of amides is 1. The number of thiocarbonyl (C=S) groups is 1. The van der Waals surface area contributed by atoms with Crippen LogP contribution in [0.25, 0.3) is 0 Å². The zero-order valence-corrected chi connectivity index (χ0v) is 15.9. The minimum absolute atomic E-state index is 0.251. The van der Waals surface area contributed by atoms with Crippen molar-refractivity contribution in [1.29, 1.82) is 0 Å². The highest BCUT2D eigenvalue weighted by atomic mass is 35.5. The molecule has 1 aliphatic heterocycles. The number of hydrogen-bond donors (Lipinski definition) is 3. The van der Waals surface area contributed by atoms with Crippen LogP contribution in [0.3, 0.4) is 0 Å². The molecule has 26 heavy (non-hydrogen) atoms. The number of carbonyl (C=O) groups excluding carboxylic acids is 1. The molecule has 2 aromatic rings. The van der Waals surface area contributed by atoms with Crippen molar-refractivity contribution in [2.75, 3.05) is 12.4 Å². The summed E-state index contributed by atoms with van der Waals surface area (Å²) in [5.41, 5.74) is 2.70. The fourth-order valence-electron chi connectivity index (χ4n) is 2.79. The Balaban J connectivity index is 1.94. The topological polar surface area (TPSA) is 62.4 Å². The fraction of sp³-hybridized carbons (Fsp3) is 0.158. The lowest BCUT2D eigenvalue weighted by Crippen LogP contribution is -2.45. The average Bonchev–Trinajstić information content (AvgIpc) is 2.63. The van der Waals surface area contributed by atoms with E-state index in [1.807, 2.05) is 43.3 Å². The quantitative estimate of drug-likeness (QED) is 0.697. The standard InChI is InChI=1S/C19H18ClN3O2S/c1-11-16(18(24)22-15-6-4-3-5-14(15)20)17(23-19(26)21-11)12-7-9-13(25-2)10-8-12/h3-10,17H,1-2H3,(H,22,24)(H2,21,23,26)/t17-/m1/s1. The molecule has 134 valence electrons. The van der Waals surface area contributed by atoms with E-state index in [9.17, 15) is 4.79 Å². The number of carbonyl (C=O) groups is 1. The van der Waals surface area contributed by atoms with Crippen molar-refractivity contribution in [2.45, 2.75) is 13.0 Å². The van der Waals surface area contributed by atoms with E-state index in [0.29, 0.717) is 27.1 Å². The fourth-order valence-corrected chi connectivity index (χ4v) is 3.25. The first-order chi connectivity index (χ1) is 12.5. The van der Waals surface area contributed by atoms with Crippen LogP contribution in [0, 0.1) is 0 Å². The van der Waals surface area contributed by atoms with Crippen LogP contribution >= 0.6 is 23.8 Å². The highest BCUT2D eigenvalue weighted by Crippen LogP contribution is 2.30. The molecule has 5 nitrogen and oxygen atoms in total. The van der Waals surface area contributed by atoms with Crippen LogP contribution < -0.4 is 20.7 Å². The molecule has 0 saturated carbocycles. The summed E-state index contributed by atoms with van der Waals surface area (Å²) in [7, 11) is 1.61. The summed E-state index contributed by atoms with van der Waals surface area (Å²) in [6.07, 6.45) is 0. The van der Waals surface area contributed by atoms with E-state index < -0.39 is 0 Å². The van der Waals surface area contributed by atoms with Gasteiger partial charge >= 0.3 is 0 Å². The molecule has 3 N–H and O–H groups in total. The first-order valence-corrected chi connectivity index (χ1v) is 8.76. The van der Waals surface area contributed by atoms with Gasteiger partial charge in [0.15, 0.2) is 5.11 Å². The van der Waals surface area contributed by atoms with E-state index in [2.05, 4.69) is 16.0 Å². The third-order valence-corrected chi connectivity index (χ3v) is 4.63. The first-order valence-electron chi connectivity index (χ1n) is 7.97. The second-order valence-electron chi connectivity index (χ2n) is 5.78. The van der Waals surface area contributed by atoms with E-state index in [1.54, 1.807) is 19.2 Å². The largest absolute Gasteiger partial charge is 0.497 e. The van der Waals surface area contributed by atoms with Crippen LogP contribution in [-0.2, 0) is 4.79 Å². The van der Waals surface area contributed by atoms with Crippen molar-refractivity contribution in [3.63, 3.8) is 0 Å². The molecule has 1 heterocycles. The van der Waals surface area contributed by atoms with Gasteiger partial charge in [-0.3, -0.25) is 4.79 Å². The zero-order chi connectivity index (χ0) is 18.7. The van der Waals surface area contributed by atoms with Gasteiger partial charge in [-0.15, -0.1) is 0 Å². The normalized spacial score (nSPS) is 16.6. The molecular weight excluding hydrogens is 370 g/mol. The molecule has 2 aromatic carbocycles. The summed E-state index contributed by atoms with van der Waals surface area (Å²) < 4.78 is 5.20. The summed E-state index contributed by atoms with van der Waals surface area (Å²) in [6.45, 7) is 1.82. The monoisotopic (exact) mass is 387 g/mol. The number of benzene rings is 2. The molecule has 0 radical (unpaired) electrons. The van der Waals surface area contributed by atoms with Crippen molar-refractivity contribution in [3.8, 4) is 5.75 Å². The number of methoxy groups -OCH3 is 1. The van der Waals surface area contributed by atoms with Crippen LogP contribution in [0.15, 0.2) is 59.8 Å². The van der Waals surface area contributed by atoms with Crippen molar-refractivity contribution >= 4 is 40.5 Å². The number of ether oxygens (including phenoxy) is 1. The summed E-state index contributed by atoms with van der Waals surface area (Å²) in [5.74, 6) is 0.493. The van der Waals surface area contributed by atoms with Gasteiger partial charge in [-0.1, -0.05) is 35.9 Å². The van der Waals surface area contributed by atoms with Gasteiger partial charge < -0.3 is 20.7 Å². The van der Waals surface area contributed by atoms with E-state index in [1.165, 1.54) is 0 Å². The van der Waals surface area contributed by atoms with Crippen LogP contribution in [0.5, 0.6) is 5.75 Å². The van der Waals surface area contributed by atoms with Gasteiger partial charge in [0.2, 0.25) is 0 Å². The smallest absolute Gasteiger partial charge is 0.255 e. The third-order valence-electron chi connectivity index (χ3n) is 4.08. The maximum atomic E-state index is 13.0. The molecule has 1 amide bonds. The molecule has 7 heteroatoms. The molecule has 3 rings (SSSR count). The van der Waals surface area contributed by atoms with Crippen LogP contribution in [0.1, 0.15) is 18.5 Å². The number of allylic oxidation sites excluding steroid dienone is 1. The predicted octanol–water partition coefficient (Wildman–Crippen LogP) is 3.78. The van der Waals surface area contributed by atoms with Gasteiger partial charge in [-0.05, 0) is 49.0 Å². The van der Waals surface area contributed by atoms with Gasteiger partial charge in [-0.25, -0.2) is 0 Å². The molecule has 0 spiro atoms. The molecule has 0 saturated heterocycles. The lowest BCUT2D eigenvalue weighted by Gasteiger charge is -2.30. The molecule has 0 unspecified atom stereocenters. The van der Waals surface area contributed by atoms with E-state index in [-0.39, 0.29) is 11.9 Å². The average molecular weight is 388 g/mol. The van der Waals surface area contributed by atoms with E-state index >= 15 is 0 Å². The Hall–Kier alpha value is -2.57. The Morgan fingerprint density at radius 1 is 1.19 bits per heavy atom. The molecule has 1 aliphatic rings. The molecule has 0 fully saturated rings. The number of para-hydroxylation sites is 1. The van der Waals surface area contributed by atoms with Crippen molar-refractivity contribution < 1.29 is 9.53 Å². The minimum Gasteiger partial charge on any atom is -0.497 e. The van der Waals surface area contributed by atoms with E-state index in [0.717, 1.165) is 11.3 Å². The second-order valence-corrected chi connectivity index (χ2v) is 6.59. The molecular formula is C19H18ClN3O2S. The third kappa shape index (κ3) is 3.81. The molecule has 0 aliphatic carbocycles. The number of rotatable bonds is 4. The molecule has 1 atom stereocenters. The van der Waals surface area contributed by atoms with Crippen LogP contribution in [0.2, 0.25) is 5.02 Å². The SMILES string of the molecule is COc1ccc([C@H]2NC(=S)NC(C)=C2C(=O)Nc2ccccc2Cl)cc1. The zero-order valence-electron chi connectivity index (χ0n) is 14.3. The summed E-state index contributed by atoms with van der Waals surface area (Å²) in [6, 6.07) is 14.2. The Morgan fingerprint density at radius 2 is 1.88 bits per heavy atom. The maximum absolute atomic E-state index is 13.0. The lowest BCUT2D eigenvalue weighted by atomic mass is 9.95. The van der Waals surface area contributed by atoms with Crippen LogP contribution in [0.4, 0.5) is 5.69 Å². The number of halogens is 1. The summed E-state index contributed by atoms with van der Waals surface area (Å²) >= 11 is 11.4. The number of anilines is 1.